The molecule has 2 aliphatic heterocycles. The Bertz CT molecular complexity index is 1250. The molecule has 33 heavy (non-hydrogen) atoms. The summed E-state index contributed by atoms with van der Waals surface area (Å²) < 4.78 is 22.9. The normalized spacial score (nSPS) is 16.1. The van der Waals surface area contributed by atoms with Gasteiger partial charge < -0.3 is 18.9 Å². The molecule has 7 nitrogen and oxygen atoms in total. The quantitative estimate of drug-likeness (QED) is 0.541. The van der Waals surface area contributed by atoms with Crippen molar-refractivity contribution < 1.29 is 23.7 Å². The molecule has 0 amide bonds. The molecule has 7 heteroatoms. The number of nitrogens with zero attached hydrogens (tertiary/aromatic N) is 2. The summed E-state index contributed by atoms with van der Waals surface area (Å²) in [6.07, 6.45) is 3.49. The highest BCUT2D eigenvalue weighted by Crippen LogP contribution is 2.44. The molecule has 0 atom stereocenters. The van der Waals surface area contributed by atoms with Crippen molar-refractivity contribution in [1.82, 2.24) is 9.88 Å². The van der Waals surface area contributed by atoms with E-state index in [2.05, 4.69) is 9.88 Å². The number of aryl methyl sites for hydroxylation is 1. The monoisotopic (exact) mass is 444 g/mol. The van der Waals surface area contributed by atoms with Crippen LogP contribution in [-0.2, 0) is 13.1 Å². The van der Waals surface area contributed by atoms with Gasteiger partial charge in [0.15, 0.2) is 5.76 Å². The fourth-order valence-electron chi connectivity index (χ4n) is 4.18. The summed E-state index contributed by atoms with van der Waals surface area (Å²) in [5, 5.41) is 0. The molecule has 3 aromatic rings. The summed E-state index contributed by atoms with van der Waals surface area (Å²) in [6.45, 7) is 3.59. The van der Waals surface area contributed by atoms with E-state index >= 15 is 0 Å². The fourth-order valence-corrected chi connectivity index (χ4v) is 4.18. The molecule has 2 aliphatic rings. The molecule has 0 aliphatic carbocycles. The number of benzene rings is 2. The largest absolute Gasteiger partial charge is 0.497 e. The second-order valence-electron chi connectivity index (χ2n) is 8.00. The first-order chi connectivity index (χ1) is 16.1. The van der Waals surface area contributed by atoms with Crippen molar-refractivity contribution in [3.8, 4) is 23.0 Å². The van der Waals surface area contributed by atoms with E-state index in [0.717, 1.165) is 28.1 Å². The van der Waals surface area contributed by atoms with Gasteiger partial charge in [-0.1, -0.05) is 6.07 Å². The number of aromatic nitrogens is 1. The van der Waals surface area contributed by atoms with Gasteiger partial charge >= 0.3 is 0 Å². The molecular formula is C26H24N2O5. The molecule has 0 saturated heterocycles. The first kappa shape index (κ1) is 21.0. The SMILES string of the molecule is COc1ccc(/C=C2\Oc3c4c(cc(C)c3C2=O)OCN(Cc2ccccn2)C4)c(OC)c1. The number of rotatable bonds is 5. The molecule has 1 aromatic heterocycles. The van der Waals surface area contributed by atoms with Crippen LogP contribution in [0.25, 0.3) is 6.08 Å². The number of methoxy groups -OCH3 is 2. The topological polar surface area (TPSA) is 70.1 Å². The predicted molar refractivity (Wildman–Crippen MR) is 123 cm³/mol. The number of carbonyl (C=O) groups excluding carboxylic acids is 1. The van der Waals surface area contributed by atoms with Gasteiger partial charge in [-0.25, -0.2) is 0 Å². The molecule has 2 aromatic carbocycles. The molecule has 0 bridgehead atoms. The van der Waals surface area contributed by atoms with Gasteiger partial charge in [-0.3, -0.25) is 14.7 Å². The lowest BCUT2D eigenvalue weighted by Crippen LogP contribution is -2.32. The average molecular weight is 444 g/mol. The van der Waals surface area contributed by atoms with Gasteiger partial charge in [0.1, 0.15) is 29.7 Å². The molecule has 3 heterocycles. The van der Waals surface area contributed by atoms with E-state index in [9.17, 15) is 4.79 Å². The highest BCUT2D eigenvalue weighted by molar-refractivity contribution is 6.16. The van der Waals surface area contributed by atoms with Gasteiger partial charge in [0.2, 0.25) is 5.78 Å². The van der Waals surface area contributed by atoms with Crippen molar-refractivity contribution in [1.29, 1.82) is 0 Å². The third-order valence-electron chi connectivity index (χ3n) is 5.83. The lowest BCUT2D eigenvalue weighted by Gasteiger charge is -2.29. The number of carbonyl (C=O) groups is 1. The standard InChI is InChI=1S/C26H24N2O5/c1-16-10-22-20(14-28(15-32-22)13-18-6-4-5-9-27-18)26-24(16)25(29)23(33-26)11-17-7-8-19(30-2)12-21(17)31-3/h4-12H,13-15H2,1-3H3/b23-11-. The molecule has 0 fully saturated rings. The van der Waals surface area contributed by atoms with Crippen molar-refractivity contribution in [2.75, 3.05) is 21.0 Å². The van der Waals surface area contributed by atoms with Crippen LogP contribution in [0.3, 0.4) is 0 Å². The Morgan fingerprint density at radius 2 is 2.03 bits per heavy atom. The van der Waals surface area contributed by atoms with Gasteiger partial charge in [0.25, 0.3) is 0 Å². The molecule has 0 N–H and O–H groups in total. The van der Waals surface area contributed by atoms with E-state index in [0.29, 0.717) is 42.6 Å². The number of hydrogen-bond acceptors (Lipinski definition) is 7. The van der Waals surface area contributed by atoms with E-state index in [1.807, 2.05) is 43.3 Å². The number of ketones is 1. The Balaban J connectivity index is 1.47. The number of hydrogen-bond donors (Lipinski definition) is 0. The van der Waals surface area contributed by atoms with Gasteiger partial charge in [0.05, 0.1) is 31.0 Å². The third kappa shape index (κ3) is 3.91. The number of ether oxygens (including phenoxy) is 4. The van der Waals surface area contributed by atoms with E-state index < -0.39 is 0 Å². The lowest BCUT2D eigenvalue weighted by atomic mass is 9.98. The zero-order valence-corrected chi connectivity index (χ0v) is 18.8. The minimum absolute atomic E-state index is 0.148. The van der Waals surface area contributed by atoms with Crippen LogP contribution in [-0.4, -0.2) is 36.6 Å². The van der Waals surface area contributed by atoms with E-state index in [1.165, 1.54) is 0 Å². The molecule has 5 rings (SSSR count). The van der Waals surface area contributed by atoms with Crippen molar-refractivity contribution in [3.05, 3.63) is 82.4 Å². The zero-order valence-electron chi connectivity index (χ0n) is 18.8. The van der Waals surface area contributed by atoms with E-state index in [-0.39, 0.29) is 11.5 Å². The molecule has 0 unspecified atom stereocenters. The summed E-state index contributed by atoms with van der Waals surface area (Å²) in [5.41, 5.74) is 3.97. The predicted octanol–water partition coefficient (Wildman–Crippen LogP) is 4.38. The highest BCUT2D eigenvalue weighted by Gasteiger charge is 2.35. The fraction of sp³-hybridized carbons (Fsp3) is 0.231. The van der Waals surface area contributed by atoms with Crippen molar-refractivity contribution >= 4 is 11.9 Å². The Kier molecular flexibility index (Phi) is 5.48. The minimum Gasteiger partial charge on any atom is -0.497 e. The first-order valence-electron chi connectivity index (χ1n) is 10.6. The minimum atomic E-state index is -0.148. The maximum Gasteiger partial charge on any atom is 0.232 e. The van der Waals surface area contributed by atoms with Crippen LogP contribution in [0.4, 0.5) is 0 Å². The third-order valence-corrected chi connectivity index (χ3v) is 5.83. The smallest absolute Gasteiger partial charge is 0.232 e. The van der Waals surface area contributed by atoms with Crippen LogP contribution in [0, 0.1) is 6.92 Å². The van der Waals surface area contributed by atoms with Gasteiger partial charge in [-0.05, 0) is 48.9 Å². The summed E-state index contributed by atoms with van der Waals surface area (Å²) in [4.78, 5) is 19.8. The van der Waals surface area contributed by atoms with Gasteiger partial charge in [-0.2, -0.15) is 0 Å². The summed E-state index contributed by atoms with van der Waals surface area (Å²) >= 11 is 0. The second kappa shape index (κ2) is 8.60. The van der Waals surface area contributed by atoms with Crippen molar-refractivity contribution in [2.45, 2.75) is 20.0 Å². The van der Waals surface area contributed by atoms with E-state index in [4.69, 9.17) is 18.9 Å². The molecule has 0 spiro atoms. The zero-order chi connectivity index (χ0) is 22.9. The van der Waals surface area contributed by atoms with Crippen LogP contribution < -0.4 is 18.9 Å². The van der Waals surface area contributed by atoms with Crippen molar-refractivity contribution in [2.24, 2.45) is 0 Å². The van der Waals surface area contributed by atoms with Gasteiger partial charge in [0, 0.05) is 30.9 Å². The Morgan fingerprint density at radius 3 is 2.79 bits per heavy atom. The molecular weight excluding hydrogens is 420 g/mol. The van der Waals surface area contributed by atoms with Crippen LogP contribution in [0.5, 0.6) is 23.0 Å². The lowest BCUT2D eigenvalue weighted by molar-refractivity contribution is 0.0861. The highest BCUT2D eigenvalue weighted by atomic mass is 16.5. The maximum absolute atomic E-state index is 13.3. The number of pyridine rings is 1. The second-order valence-corrected chi connectivity index (χ2v) is 8.00. The number of allylic oxidation sites excluding steroid dienone is 1. The number of Topliss-reactive ketones (excluding diaryl/α,β-unsaturated/α-hetero) is 1. The summed E-state index contributed by atoms with van der Waals surface area (Å²) in [7, 11) is 3.18. The van der Waals surface area contributed by atoms with E-state index in [1.54, 1.807) is 32.6 Å². The molecule has 168 valence electrons. The van der Waals surface area contributed by atoms with Gasteiger partial charge in [-0.15, -0.1) is 0 Å². The average Bonchev–Trinajstić information content (AvgIpc) is 3.17. The van der Waals surface area contributed by atoms with Crippen LogP contribution in [0.1, 0.15) is 32.7 Å². The summed E-state index contributed by atoms with van der Waals surface area (Å²) in [6, 6.07) is 13.2. The molecule has 0 saturated carbocycles. The van der Waals surface area contributed by atoms with Crippen molar-refractivity contribution in [3.63, 3.8) is 0 Å². The Morgan fingerprint density at radius 1 is 1.15 bits per heavy atom. The Labute approximate surface area is 192 Å². The van der Waals surface area contributed by atoms with Crippen LogP contribution in [0.2, 0.25) is 0 Å². The number of fused-ring (bicyclic) bond motifs is 3. The van der Waals surface area contributed by atoms with Crippen LogP contribution >= 0.6 is 0 Å². The summed E-state index contributed by atoms with van der Waals surface area (Å²) in [5.74, 6) is 2.69. The Hall–Kier alpha value is -3.84. The maximum atomic E-state index is 13.3. The first-order valence-corrected chi connectivity index (χ1v) is 10.6. The molecule has 0 radical (unpaired) electrons. The van der Waals surface area contributed by atoms with Crippen LogP contribution in [0.15, 0.2) is 54.4 Å².